The summed E-state index contributed by atoms with van der Waals surface area (Å²) in [4.78, 5) is 80.6. The van der Waals surface area contributed by atoms with Crippen LogP contribution in [0.4, 0.5) is 0 Å². The highest BCUT2D eigenvalue weighted by atomic mass is 16.4. The molecular weight excluding hydrogens is 418 g/mol. The molecule has 0 radical (unpaired) electrons. The number of carboxylic acids is 1. The highest BCUT2D eigenvalue weighted by molar-refractivity contribution is 5.96. The minimum absolute atomic E-state index is 0.269. The summed E-state index contributed by atoms with van der Waals surface area (Å²) in [6, 6.07) is -5.64. The van der Waals surface area contributed by atoms with Crippen LogP contribution in [0.3, 0.4) is 0 Å². The fourth-order valence-electron chi connectivity index (χ4n) is 2.22. The summed E-state index contributed by atoms with van der Waals surface area (Å²) in [6.07, 6.45) is -1.73. The zero-order valence-electron chi connectivity index (χ0n) is 16.8. The Morgan fingerprint density at radius 2 is 1.26 bits per heavy atom. The maximum absolute atomic E-state index is 12.4. The minimum atomic E-state index is -1.52. The average molecular weight is 445 g/mol. The largest absolute Gasteiger partial charge is 0.480 e. The van der Waals surface area contributed by atoms with Gasteiger partial charge in [0.05, 0.1) is 18.9 Å². The standard InChI is InChI=1S/C16H27N7O8/c1-6(13(27)22-8(16(30)31)2-3-10(18)24)21-15(29)9(5-12(20)26)23-14(28)7(17)4-11(19)25/h6-9H,2-5,17H2,1H3,(H2,18,24)(H2,19,25)(H2,20,26)(H,21,29)(H,22,27)(H,23,28)(H,30,31). The Bertz CT molecular complexity index is 741. The molecule has 15 heteroatoms. The van der Waals surface area contributed by atoms with Crippen LogP contribution in [0, 0.1) is 0 Å². The molecule has 0 aromatic carbocycles. The van der Waals surface area contributed by atoms with E-state index >= 15 is 0 Å². The molecule has 0 heterocycles. The van der Waals surface area contributed by atoms with E-state index in [0.717, 1.165) is 0 Å². The van der Waals surface area contributed by atoms with Gasteiger partial charge in [0.15, 0.2) is 0 Å². The quantitative estimate of drug-likeness (QED) is 0.127. The summed E-state index contributed by atoms with van der Waals surface area (Å²) < 4.78 is 0. The van der Waals surface area contributed by atoms with Crippen LogP contribution in [-0.2, 0) is 33.6 Å². The molecule has 0 aliphatic carbocycles. The Morgan fingerprint density at radius 3 is 1.71 bits per heavy atom. The molecule has 12 N–H and O–H groups in total. The Balaban J connectivity index is 5.09. The van der Waals surface area contributed by atoms with Crippen LogP contribution in [0.25, 0.3) is 0 Å². The van der Waals surface area contributed by atoms with Gasteiger partial charge in [-0.3, -0.25) is 28.8 Å². The number of aliphatic carboxylic acids is 1. The monoisotopic (exact) mass is 445 g/mol. The normalized spacial score (nSPS) is 14.3. The first-order valence-electron chi connectivity index (χ1n) is 8.99. The van der Waals surface area contributed by atoms with Gasteiger partial charge in [-0.05, 0) is 13.3 Å². The van der Waals surface area contributed by atoms with Crippen molar-refractivity contribution < 1.29 is 38.7 Å². The van der Waals surface area contributed by atoms with Gasteiger partial charge < -0.3 is 44.0 Å². The van der Waals surface area contributed by atoms with Gasteiger partial charge in [-0.15, -0.1) is 0 Å². The molecule has 15 nitrogen and oxygen atoms in total. The number of nitrogens with one attached hydrogen (secondary N) is 3. The number of rotatable bonds is 14. The second-order valence-corrected chi connectivity index (χ2v) is 6.64. The van der Waals surface area contributed by atoms with Crippen molar-refractivity contribution in [3.8, 4) is 0 Å². The van der Waals surface area contributed by atoms with Crippen LogP contribution < -0.4 is 38.9 Å². The van der Waals surface area contributed by atoms with Crippen molar-refractivity contribution in [2.75, 3.05) is 0 Å². The number of hydrogen-bond acceptors (Lipinski definition) is 8. The number of hydrogen-bond donors (Lipinski definition) is 8. The van der Waals surface area contributed by atoms with Crippen molar-refractivity contribution in [1.29, 1.82) is 0 Å². The predicted molar refractivity (Wildman–Crippen MR) is 103 cm³/mol. The third-order valence-corrected chi connectivity index (χ3v) is 3.84. The molecule has 174 valence electrons. The minimum Gasteiger partial charge on any atom is -0.480 e. The number of carboxylic acid groups (broad SMARTS) is 1. The van der Waals surface area contributed by atoms with E-state index in [1.165, 1.54) is 6.92 Å². The average Bonchev–Trinajstić information content (AvgIpc) is 2.62. The lowest BCUT2D eigenvalue weighted by Crippen LogP contribution is -2.57. The molecule has 0 bridgehead atoms. The van der Waals surface area contributed by atoms with Crippen LogP contribution in [-0.4, -0.2) is 70.7 Å². The van der Waals surface area contributed by atoms with Gasteiger partial charge in [0.25, 0.3) is 0 Å². The van der Waals surface area contributed by atoms with Crippen molar-refractivity contribution in [3.05, 3.63) is 0 Å². The molecule has 0 spiro atoms. The first-order valence-corrected chi connectivity index (χ1v) is 8.99. The molecule has 0 aromatic rings. The van der Waals surface area contributed by atoms with Crippen molar-refractivity contribution in [3.63, 3.8) is 0 Å². The second-order valence-electron chi connectivity index (χ2n) is 6.64. The molecule has 6 amide bonds. The Kier molecular flexibility index (Phi) is 11.2. The molecule has 4 atom stereocenters. The maximum Gasteiger partial charge on any atom is 0.326 e. The number of amides is 6. The van der Waals surface area contributed by atoms with Crippen molar-refractivity contribution in [2.45, 2.75) is 56.8 Å². The summed E-state index contributed by atoms with van der Waals surface area (Å²) in [5, 5.41) is 15.5. The summed E-state index contributed by atoms with van der Waals surface area (Å²) in [5.74, 6) is -6.89. The van der Waals surface area contributed by atoms with Crippen LogP contribution in [0.1, 0.15) is 32.6 Å². The summed E-state index contributed by atoms with van der Waals surface area (Å²) in [5.41, 5.74) is 20.4. The summed E-state index contributed by atoms with van der Waals surface area (Å²) in [7, 11) is 0. The van der Waals surface area contributed by atoms with Gasteiger partial charge in [-0.1, -0.05) is 0 Å². The highest BCUT2D eigenvalue weighted by Crippen LogP contribution is 2.00. The van der Waals surface area contributed by atoms with Gasteiger partial charge in [0.2, 0.25) is 35.4 Å². The molecule has 0 aliphatic rings. The van der Waals surface area contributed by atoms with Crippen LogP contribution in [0.15, 0.2) is 0 Å². The summed E-state index contributed by atoms with van der Waals surface area (Å²) in [6.45, 7) is 1.21. The van der Waals surface area contributed by atoms with E-state index in [0.29, 0.717) is 0 Å². The Labute approximate surface area is 176 Å². The Morgan fingerprint density at radius 1 is 0.742 bits per heavy atom. The number of nitrogens with two attached hydrogens (primary N) is 4. The molecular formula is C16H27N7O8. The van der Waals surface area contributed by atoms with E-state index in [-0.39, 0.29) is 12.8 Å². The van der Waals surface area contributed by atoms with Gasteiger partial charge in [0.1, 0.15) is 18.1 Å². The van der Waals surface area contributed by atoms with E-state index in [9.17, 15) is 33.6 Å². The molecule has 0 fully saturated rings. The Hall–Kier alpha value is -3.75. The second kappa shape index (κ2) is 12.7. The van der Waals surface area contributed by atoms with Gasteiger partial charge >= 0.3 is 5.97 Å². The van der Waals surface area contributed by atoms with Gasteiger partial charge in [-0.25, -0.2) is 4.79 Å². The van der Waals surface area contributed by atoms with Gasteiger partial charge in [-0.2, -0.15) is 0 Å². The topological polar surface area (TPSA) is 280 Å². The van der Waals surface area contributed by atoms with E-state index in [1.807, 2.05) is 0 Å². The molecule has 0 rings (SSSR count). The van der Waals surface area contributed by atoms with Crippen LogP contribution >= 0.6 is 0 Å². The van der Waals surface area contributed by atoms with Crippen molar-refractivity contribution in [2.24, 2.45) is 22.9 Å². The fraction of sp³-hybridized carbons (Fsp3) is 0.562. The van der Waals surface area contributed by atoms with Crippen molar-refractivity contribution >= 4 is 41.4 Å². The lowest BCUT2D eigenvalue weighted by Gasteiger charge is -2.22. The number of primary amides is 3. The fourth-order valence-corrected chi connectivity index (χ4v) is 2.22. The van der Waals surface area contributed by atoms with E-state index in [1.54, 1.807) is 0 Å². The molecule has 31 heavy (non-hydrogen) atoms. The SMILES string of the molecule is CC(NC(=O)C(CC(N)=O)NC(=O)C(N)CC(N)=O)C(=O)NC(CCC(N)=O)C(=O)O. The molecule has 0 aliphatic heterocycles. The van der Waals surface area contributed by atoms with Crippen LogP contribution in [0.2, 0.25) is 0 Å². The lowest BCUT2D eigenvalue weighted by atomic mass is 10.1. The zero-order chi connectivity index (χ0) is 24.3. The van der Waals surface area contributed by atoms with Crippen molar-refractivity contribution in [1.82, 2.24) is 16.0 Å². The van der Waals surface area contributed by atoms with Crippen LogP contribution in [0.5, 0.6) is 0 Å². The van der Waals surface area contributed by atoms with E-state index in [2.05, 4.69) is 16.0 Å². The number of carbonyl (C=O) groups is 7. The summed E-state index contributed by atoms with van der Waals surface area (Å²) >= 11 is 0. The zero-order valence-corrected chi connectivity index (χ0v) is 16.8. The third-order valence-electron chi connectivity index (χ3n) is 3.84. The third kappa shape index (κ3) is 11.1. The lowest BCUT2D eigenvalue weighted by molar-refractivity contribution is -0.142. The van der Waals surface area contributed by atoms with E-state index < -0.39 is 78.4 Å². The van der Waals surface area contributed by atoms with Gasteiger partial charge in [0, 0.05) is 6.42 Å². The molecule has 0 saturated heterocycles. The number of carbonyl (C=O) groups excluding carboxylic acids is 6. The van der Waals surface area contributed by atoms with E-state index in [4.69, 9.17) is 28.0 Å². The molecule has 0 saturated carbocycles. The highest BCUT2D eigenvalue weighted by Gasteiger charge is 2.29. The first kappa shape index (κ1) is 27.2. The molecule has 4 unspecified atom stereocenters. The first-order chi connectivity index (χ1) is 14.2. The predicted octanol–water partition coefficient (Wildman–Crippen LogP) is -5.11. The maximum atomic E-state index is 12.4. The smallest absolute Gasteiger partial charge is 0.326 e. The molecule has 0 aromatic heterocycles.